The number of nitrogens with one attached hydrogen (secondary N) is 2. The molecule has 28 heavy (non-hydrogen) atoms. The van der Waals surface area contributed by atoms with Crippen LogP contribution >= 0.6 is 0 Å². The Hall–Kier alpha value is -3.11. The number of rotatable bonds is 5. The lowest BCUT2D eigenvalue weighted by molar-refractivity contribution is 0.0983. The Kier molecular flexibility index (Phi) is 6.12. The van der Waals surface area contributed by atoms with Crippen molar-refractivity contribution in [2.75, 3.05) is 30.3 Å². The van der Waals surface area contributed by atoms with Gasteiger partial charge in [0.05, 0.1) is 18.5 Å². The van der Waals surface area contributed by atoms with Crippen LogP contribution < -0.4 is 10.6 Å². The molecule has 0 bridgehead atoms. The molecule has 1 aliphatic rings. The maximum atomic E-state index is 13.8. The summed E-state index contributed by atoms with van der Waals surface area (Å²) in [6.45, 7) is 3.14. The molecule has 0 spiro atoms. The van der Waals surface area contributed by atoms with Gasteiger partial charge in [0.1, 0.15) is 0 Å². The van der Waals surface area contributed by atoms with Gasteiger partial charge < -0.3 is 20.3 Å². The van der Waals surface area contributed by atoms with Crippen LogP contribution in [0.25, 0.3) is 0 Å². The van der Waals surface area contributed by atoms with E-state index in [0.717, 1.165) is 12.1 Å². The van der Waals surface area contributed by atoms with Gasteiger partial charge in [-0.05, 0) is 31.9 Å². The van der Waals surface area contributed by atoms with E-state index in [9.17, 15) is 18.0 Å². The van der Waals surface area contributed by atoms with Gasteiger partial charge in [-0.3, -0.25) is 0 Å². The van der Waals surface area contributed by atoms with E-state index in [0.29, 0.717) is 32.5 Å². The van der Waals surface area contributed by atoms with Gasteiger partial charge in [0.25, 0.3) is 0 Å². The summed E-state index contributed by atoms with van der Waals surface area (Å²) < 4.78 is 45.1. The van der Waals surface area contributed by atoms with Crippen LogP contribution in [0.2, 0.25) is 0 Å². The number of likely N-dealkylation sites (tertiary alicyclic amines) is 1. The van der Waals surface area contributed by atoms with Gasteiger partial charge in [0, 0.05) is 19.1 Å². The Morgan fingerprint density at radius 2 is 2.00 bits per heavy atom. The summed E-state index contributed by atoms with van der Waals surface area (Å²) in [6.07, 6.45) is 2.23. The van der Waals surface area contributed by atoms with Gasteiger partial charge in [-0.25, -0.2) is 18.0 Å². The van der Waals surface area contributed by atoms with Crippen LogP contribution in [0.5, 0.6) is 0 Å². The highest BCUT2D eigenvalue weighted by molar-refractivity contribution is 5.67. The van der Waals surface area contributed by atoms with Crippen LogP contribution in [0.3, 0.4) is 0 Å². The molecule has 1 aromatic carbocycles. The lowest BCUT2D eigenvalue weighted by Crippen LogP contribution is -2.42. The van der Waals surface area contributed by atoms with E-state index in [1.165, 1.54) is 6.20 Å². The minimum Gasteiger partial charge on any atom is -0.450 e. The zero-order valence-electron chi connectivity index (χ0n) is 15.1. The summed E-state index contributed by atoms with van der Waals surface area (Å²) in [5.41, 5.74) is -0.270. The molecule has 0 radical (unpaired) electrons. The van der Waals surface area contributed by atoms with Crippen molar-refractivity contribution < 1.29 is 22.7 Å². The third-order valence-corrected chi connectivity index (χ3v) is 4.21. The number of piperidine rings is 1. The minimum atomic E-state index is -1.57. The fourth-order valence-corrected chi connectivity index (χ4v) is 2.79. The molecule has 2 aromatic rings. The van der Waals surface area contributed by atoms with E-state index in [1.54, 1.807) is 11.8 Å². The number of nitrogens with zero attached hydrogens (tertiary/aromatic N) is 4. The highest BCUT2D eigenvalue weighted by Gasteiger charge is 2.24. The molecule has 2 N–H and O–H groups in total. The Morgan fingerprint density at radius 3 is 2.71 bits per heavy atom. The molecule has 150 valence electrons. The third-order valence-electron chi connectivity index (χ3n) is 4.21. The van der Waals surface area contributed by atoms with Gasteiger partial charge in [-0.15, -0.1) is 5.10 Å². The van der Waals surface area contributed by atoms with Crippen LogP contribution in [0.15, 0.2) is 18.3 Å². The fraction of sp³-hybridized carbons (Fsp3) is 0.412. The molecule has 0 unspecified atom stereocenters. The predicted molar refractivity (Wildman–Crippen MR) is 94.7 cm³/mol. The number of benzene rings is 1. The van der Waals surface area contributed by atoms with Gasteiger partial charge >= 0.3 is 6.09 Å². The molecular formula is C17H19F3N6O2. The maximum absolute atomic E-state index is 13.8. The van der Waals surface area contributed by atoms with Crippen molar-refractivity contribution in [2.45, 2.75) is 25.8 Å². The first-order valence-electron chi connectivity index (χ1n) is 8.76. The Balaban J connectivity index is 1.60. The summed E-state index contributed by atoms with van der Waals surface area (Å²) >= 11 is 0. The number of halogens is 3. The Bertz CT molecular complexity index is 846. The van der Waals surface area contributed by atoms with Crippen LogP contribution in [0.1, 0.15) is 19.8 Å². The maximum Gasteiger partial charge on any atom is 0.409 e. The van der Waals surface area contributed by atoms with Crippen molar-refractivity contribution in [3.05, 3.63) is 35.8 Å². The number of hydrogen-bond acceptors (Lipinski definition) is 7. The normalized spacial score (nSPS) is 14.6. The van der Waals surface area contributed by atoms with Crippen LogP contribution in [-0.2, 0) is 4.74 Å². The number of aromatic nitrogens is 3. The lowest BCUT2D eigenvalue weighted by Gasteiger charge is -2.31. The van der Waals surface area contributed by atoms with Crippen LogP contribution in [0.4, 0.5) is 35.4 Å². The molecule has 0 aliphatic carbocycles. The SMILES string of the molecule is CCOC(=O)N1CCC(Nc2nncc(Nc3ccc(F)c(F)c3F)n2)CC1. The summed E-state index contributed by atoms with van der Waals surface area (Å²) in [5, 5.41) is 13.3. The zero-order chi connectivity index (χ0) is 20.1. The van der Waals surface area contributed by atoms with E-state index >= 15 is 0 Å². The highest BCUT2D eigenvalue weighted by atomic mass is 19.2. The number of hydrogen-bond donors (Lipinski definition) is 2. The fourth-order valence-electron chi connectivity index (χ4n) is 2.79. The van der Waals surface area contributed by atoms with Crippen molar-refractivity contribution >= 4 is 23.5 Å². The first kappa shape index (κ1) is 19.6. The number of carbonyl (C=O) groups excluding carboxylic acids is 1. The highest BCUT2D eigenvalue weighted by Crippen LogP contribution is 2.23. The van der Waals surface area contributed by atoms with Crippen LogP contribution in [0, 0.1) is 17.5 Å². The molecule has 11 heteroatoms. The van der Waals surface area contributed by atoms with Crippen molar-refractivity contribution in [3.8, 4) is 0 Å². The molecule has 1 aliphatic heterocycles. The molecule has 0 saturated carbocycles. The topological polar surface area (TPSA) is 92.3 Å². The lowest BCUT2D eigenvalue weighted by atomic mass is 10.1. The van der Waals surface area contributed by atoms with E-state index in [-0.39, 0.29) is 29.6 Å². The predicted octanol–water partition coefficient (Wildman–Crippen LogP) is 3.07. The first-order valence-corrected chi connectivity index (χ1v) is 8.76. The summed E-state index contributed by atoms with van der Waals surface area (Å²) in [4.78, 5) is 17.5. The van der Waals surface area contributed by atoms with Crippen molar-refractivity contribution in [1.29, 1.82) is 0 Å². The minimum absolute atomic E-state index is 0.0164. The number of anilines is 3. The van der Waals surface area contributed by atoms with E-state index in [2.05, 4.69) is 25.8 Å². The molecule has 1 amide bonds. The Labute approximate surface area is 159 Å². The molecular weight excluding hydrogens is 377 g/mol. The second kappa shape index (κ2) is 8.72. The molecule has 1 aromatic heterocycles. The van der Waals surface area contributed by atoms with E-state index in [4.69, 9.17) is 4.74 Å². The van der Waals surface area contributed by atoms with Crippen molar-refractivity contribution in [2.24, 2.45) is 0 Å². The largest absolute Gasteiger partial charge is 0.450 e. The second-order valence-corrected chi connectivity index (χ2v) is 6.12. The number of ether oxygens (including phenoxy) is 1. The average Bonchev–Trinajstić information content (AvgIpc) is 2.69. The summed E-state index contributed by atoms with van der Waals surface area (Å²) in [7, 11) is 0. The monoisotopic (exact) mass is 396 g/mol. The third kappa shape index (κ3) is 4.59. The molecule has 8 nitrogen and oxygen atoms in total. The number of amides is 1. The molecule has 0 atom stereocenters. The van der Waals surface area contributed by atoms with Gasteiger partial charge in [-0.1, -0.05) is 0 Å². The van der Waals surface area contributed by atoms with Gasteiger partial charge in [0.2, 0.25) is 5.95 Å². The second-order valence-electron chi connectivity index (χ2n) is 6.12. The van der Waals surface area contributed by atoms with Crippen molar-refractivity contribution in [3.63, 3.8) is 0 Å². The smallest absolute Gasteiger partial charge is 0.409 e. The van der Waals surface area contributed by atoms with Crippen molar-refractivity contribution in [1.82, 2.24) is 20.1 Å². The molecule has 2 heterocycles. The number of carbonyl (C=O) groups is 1. The first-order chi connectivity index (χ1) is 13.5. The average molecular weight is 396 g/mol. The van der Waals surface area contributed by atoms with E-state index < -0.39 is 17.5 Å². The van der Waals surface area contributed by atoms with Gasteiger partial charge in [-0.2, -0.15) is 10.1 Å². The summed E-state index contributed by atoms with van der Waals surface area (Å²) in [5.74, 6) is -3.88. The molecule has 3 rings (SSSR count). The molecule has 1 saturated heterocycles. The quantitative estimate of drug-likeness (QED) is 0.751. The summed E-state index contributed by atoms with van der Waals surface area (Å²) in [6, 6.07) is 1.89. The standard InChI is InChI=1S/C17H19F3N6O2/c1-2-28-17(27)26-7-5-10(6-8-26)22-16-24-13(9-21-25-16)23-12-4-3-11(18)14(19)15(12)20/h3-4,9-10H,2,5-8H2,1H3,(H2,22,23,24,25). The van der Waals surface area contributed by atoms with Gasteiger partial charge in [0.15, 0.2) is 23.3 Å². The molecule has 1 fully saturated rings. The van der Waals surface area contributed by atoms with Crippen LogP contribution in [-0.4, -0.2) is 51.9 Å². The zero-order valence-corrected chi connectivity index (χ0v) is 15.1. The Morgan fingerprint density at radius 1 is 1.25 bits per heavy atom. The van der Waals surface area contributed by atoms with E-state index in [1.807, 2.05) is 0 Å².